The zero-order valence-electron chi connectivity index (χ0n) is 42.2. The maximum atomic E-state index is 16.3. The Kier molecular flexibility index (Phi) is 15.3. The second-order valence-electron chi connectivity index (χ2n) is 21.0. The van der Waals surface area contributed by atoms with Gasteiger partial charge in [0.25, 0.3) is 5.91 Å². The van der Waals surface area contributed by atoms with Crippen LogP contribution in [-0.4, -0.2) is 133 Å². The third kappa shape index (κ3) is 10.7. The number of aryl methyl sites for hydroxylation is 1. The number of likely N-dealkylation sites (tertiary alicyclic amines) is 2. The lowest BCUT2D eigenvalue weighted by Crippen LogP contribution is -2.60. The number of aromatic nitrogens is 2. The van der Waals surface area contributed by atoms with Gasteiger partial charge in [-0.1, -0.05) is 63.2 Å². The fourth-order valence-corrected chi connectivity index (χ4v) is 12.2. The molecule has 406 valence electrons. The molecule has 19 nitrogen and oxygen atoms in total. The van der Waals surface area contributed by atoms with Gasteiger partial charge in [0.15, 0.2) is 5.82 Å². The number of amides is 6. The normalized spacial score (nSPS) is 21.6. The first-order valence-electron chi connectivity index (χ1n) is 25.1. The predicted octanol–water partition coefficient (Wildman–Crippen LogP) is 5.11. The van der Waals surface area contributed by atoms with Crippen LogP contribution >= 0.6 is 18.9 Å². The molecule has 9 rings (SSSR count). The number of rotatable bonds is 13. The molecular weight excluding hydrogens is 1030 g/mol. The molecule has 4 aliphatic rings. The molecule has 6 heterocycles. The predicted molar refractivity (Wildman–Crippen MR) is 272 cm³/mol. The molecule has 5 aromatic rings. The molecule has 0 spiro atoms. The van der Waals surface area contributed by atoms with Crippen LogP contribution in [0, 0.1) is 17.2 Å². The van der Waals surface area contributed by atoms with Gasteiger partial charge in [-0.15, -0.1) is 11.3 Å². The van der Waals surface area contributed by atoms with E-state index >= 15 is 4.39 Å². The van der Waals surface area contributed by atoms with Gasteiger partial charge in [-0.25, -0.2) is 9.18 Å². The Morgan fingerprint density at radius 2 is 1.66 bits per heavy atom. The van der Waals surface area contributed by atoms with Crippen LogP contribution in [0.2, 0.25) is 0 Å². The number of fused-ring (bicyclic) bond motifs is 2. The summed E-state index contributed by atoms with van der Waals surface area (Å²) in [5, 5.41) is 5.19. The number of nitrogens with one attached hydrogen (secondary N) is 2. The molecule has 2 aromatic heterocycles. The number of carbonyl (C=O) groups excluding carboxylic acids is 6. The number of alkyl halides is 2. The molecular formula is C52H59F3N7O12PS. The van der Waals surface area contributed by atoms with Crippen LogP contribution in [-0.2, 0) is 57.1 Å². The number of piperidine rings is 2. The zero-order chi connectivity index (χ0) is 54.6. The van der Waals surface area contributed by atoms with Crippen LogP contribution in [0.25, 0.3) is 21.1 Å². The minimum absolute atomic E-state index is 0.0210. The molecule has 3 aromatic carbocycles. The summed E-state index contributed by atoms with van der Waals surface area (Å²) in [7, 11) is -4.43. The van der Waals surface area contributed by atoms with Crippen molar-refractivity contribution in [3.63, 3.8) is 0 Å². The van der Waals surface area contributed by atoms with E-state index in [1.807, 2.05) is 30.3 Å². The van der Waals surface area contributed by atoms with E-state index in [1.165, 1.54) is 33.2 Å². The molecule has 1 unspecified atom stereocenters. The number of benzene rings is 3. The number of halogens is 3. The van der Waals surface area contributed by atoms with Crippen molar-refractivity contribution in [2.24, 2.45) is 18.4 Å². The summed E-state index contributed by atoms with van der Waals surface area (Å²) in [6.07, 6.45) is 0.317. The molecule has 4 aliphatic heterocycles. The highest BCUT2D eigenvalue weighted by molar-refractivity contribution is 7.52. The van der Waals surface area contributed by atoms with Gasteiger partial charge in [0, 0.05) is 49.9 Å². The van der Waals surface area contributed by atoms with Crippen molar-refractivity contribution < 1.29 is 65.8 Å². The highest BCUT2D eigenvalue weighted by atomic mass is 32.1. The Morgan fingerprint density at radius 3 is 2.34 bits per heavy atom. The second kappa shape index (κ2) is 21.3. The Labute approximate surface area is 438 Å². The van der Waals surface area contributed by atoms with E-state index in [-0.39, 0.29) is 78.6 Å². The number of carbonyl (C=O) groups is 6. The molecule has 76 heavy (non-hydrogen) atoms. The first-order valence-corrected chi connectivity index (χ1v) is 27.5. The number of thiophene rings is 1. The number of imide groups is 1. The van der Waals surface area contributed by atoms with E-state index in [9.17, 15) is 56.7 Å². The monoisotopic (exact) mass is 1090 g/mol. The summed E-state index contributed by atoms with van der Waals surface area (Å²) in [6, 6.07) is 13.5. The highest BCUT2D eigenvalue weighted by Crippen LogP contribution is 2.59. The van der Waals surface area contributed by atoms with Gasteiger partial charge >= 0.3 is 18.9 Å². The minimum atomic E-state index is -5.87. The van der Waals surface area contributed by atoms with Crippen LogP contribution in [0.15, 0.2) is 71.5 Å². The van der Waals surface area contributed by atoms with E-state index in [0.29, 0.717) is 42.6 Å². The first-order chi connectivity index (χ1) is 35.9. The van der Waals surface area contributed by atoms with Crippen molar-refractivity contribution in [2.45, 2.75) is 95.3 Å². The molecule has 4 saturated heterocycles. The zero-order valence-corrected chi connectivity index (χ0v) is 43.9. The third-order valence-corrected chi connectivity index (χ3v) is 17.1. The number of imidazole rings is 1. The Balaban J connectivity index is 0.885. The van der Waals surface area contributed by atoms with E-state index < -0.39 is 102 Å². The van der Waals surface area contributed by atoms with E-state index in [2.05, 4.69) is 10.6 Å². The van der Waals surface area contributed by atoms with E-state index in [1.54, 1.807) is 42.7 Å². The minimum Gasteiger partial charge on any atom is -0.370 e. The number of hydrogen-bond acceptors (Lipinski definition) is 11. The molecule has 24 heteroatoms. The van der Waals surface area contributed by atoms with Crippen molar-refractivity contribution in [1.29, 1.82) is 0 Å². The van der Waals surface area contributed by atoms with Crippen molar-refractivity contribution in [2.75, 3.05) is 45.9 Å². The summed E-state index contributed by atoms with van der Waals surface area (Å²) in [6.45, 7) is 6.07. The molecule has 0 saturated carbocycles. The van der Waals surface area contributed by atoms with Crippen LogP contribution in [0.1, 0.15) is 91.4 Å². The molecule has 6 amide bonds. The second-order valence-corrected chi connectivity index (χ2v) is 23.7. The Hall–Kier alpha value is -6.23. The average Bonchev–Trinajstić information content (AvgIpc) is 4.11. The third-order valence-electron chi connectivity index (χ3n) is 15.0. The number of ether oxygens (including phenoxy) is 2. The standard InChI is InChI=1S/C52H59F3N7O12PS/c1-51(2,3)45(57-47(66)39-26-32-25-33(11-14-38(32)76-39)52(54,55)75(70,71)72)49(68)61-21-18-36(44(61)48(67)60-22-23-73-37(27-60)30-8-6-5-7-9-30)74-28-41(64)59-19-16-29(17-20-59)24-31-10-12-34-43(42(31)53)58(4)50(69)62(34)35-13-15-40(63)56-46(35)65/h5-12,14,25-26,29,35-37,44-45H,13,15-24,27-28H2,1-4H3,(H,57,66)(H,56,63,65)(H2,70,71,72)/t35?,36-,37+,44+,45-/m1/s1. The summed E-state index contributed by atoms with van der Waals surface area (Å²) < 4.78 is 72.2. The average molecular weight is 1090 g/mol. The summed E-state index contributed by atoms with van der Waals surface area (Å²) >= 11 is 0.931. The smallest absolute Gasteiger partial charge is 0.370 e. The van der Waals surface area contributed by atoms with Crippen molar-refractivity contribution >= 4 is 75.5 Å². The molecule has 0 radical (unpaired) electrons. The number of morpholine rings is 1. The van der Waals surface area contributed by atoms with E-state index in [0.717, 1.165) is 29.0 Å². The quantitative estimate of drug-likeness (QED) is 0.0889. The topological polar surface area (TPSA) is 239 Å². The van der Waals surface area contributed by atoms with Crippen LogP contribution in [0.4, 0.5) is 13.2 Å². The maximum Gasteiger partial charge on any atom is 0.399 e. The molecule has 4 N–H and O–H groups in total. The van der Waals surface area contributed by atoms with Gasteiger partial charge in [-0.2, -0.15) is 8.78 Å². The van der Waals surface area contributed by atoms with Crippen LogP contribution in [0.3, 0.4) is 0 Å². The SMILES string of the molecule is Cn1c(=O)n(C2CCC(=O)NC2=O)c2ccc(CC3CCN(C(=O)CO[C@@H]4CCN(C(=O)[C@@H](NC(=O)c5cc6cc(C(F)(F)P(=O)(O)O)ccc6s5)C(C)(C)C)[C@@H]4C(=O)N4CCO[C@H](c5ccccc5)C4)CC3)c(F)c21. The van der Waals surface area contributed by atoms with E-state index in [4.69, 9.17) is 9.47 Å². The van der Waals surface area contributed by atoms with Gasteiger partial charge in [0.2, 0.25) is 29.5 Å². The highest BCUT2D eigenvalue weighted by Gasteiger charge is 2.51. The maximum absolute atomic E-state index is 16.3. The van der Waals surface area contributed by atoms with Crippen LogP contribution in [0.5, 0.6) is 0 Å². The molecule has 4 fully saturated rings. The van der Waals surface area contributed by atoms with Gasteiger partial charge in [-0.3, -0.25) is 47.8 Å². The summed E-state index contributed by atoms with van der Waals surface area (Å²) in [5.74, 6) is -3.76. The Bertz CT molecular complexity index is 3220. The lowest BCUT2D eigenvalue weighted by molar-refractivity contribution is -0.156. The fraction of sp³-hybridized carbons (Fsp3) is 0.481. The summed E-state index contributed by atoms with van der Waals surface area (Å²) in [5.41, 5.74) is -5.40. The van der Waals surface area contributed by atoms with Crippen molar-refractivity contribution in [1.82, 2.24) is 34.5 Å². The van der Waals surface area contributed by atoms with Crippen molar-refractivity contribution in [3.8, 4) is 0 Å². The van der Waals surface area contributed by atoms with Crippen molar-refractivity contribution in [3.05, 3.63) is 105 Å². The lowest BCUT2D eigenvalue weighted by atomic mass is 9.85. The number of nitrogens with zero attached hydrogens (tertiary/aromatic N) is 5. The van der Waals surface area contributed by atoms with Gasteiger partial charge < -0.3 is 39.3 Å². The molecule has 0 aliphatic carbocycles. The van der Waals surface area contributed by atoms with Gasteiger partial charge in [0.05, 0.1) is 29.6 Å². The van der Waals surface area contributed by atoms with Crippen LogP contribution < -0.4 is 16.3 Å². The van der Waals surface area contributed by atoms with Gasteiger partial charge in [-0.05, 0) is 84.2 Å². The fourth-order valence-electron chi connectivity index (χ4n) is 10.7. The molecule has 5 atom stereocenters. The molecule has 0 bridgehead atoms. The van der Waals surface area contributed by atoms with Gasteiger partial charge in [0.1, 0.15) is 36.4 Å². The largest absolute Gasteiger partial charge is 0.399 e. The number of hydrogen-bond donors (Lipinski definition) is 4. The lowest BCUT2D eigenvalue weighted by Gasteiger charge is -2.39. The first kappa shape index (κ1) is 54.6. The Morgan fingerprint density at radius 1 is 0.934 bits per heavy atom. The summed E-state index contributed by atoms with van der Waals surface area (Å²) in [4.78, 5) is 119.